The summed E-state index contributed by atoms with van der Waals surface area (Å²) in [5.74, 6) is -0.369. The van der Waals surface area contributed by atoms with Crippen molar-refractivity contribution in [3.63, 3.8) is 0 Å². The van der Waals surface area contributed by atoms with E-state index in [1.807, 2.05) is 0 Å². The lowest BCUT2D eigenvalue weighted by atomic mass is 10.2. The van der Waals surface area contributed by atoms with Crippen LogP contribution in [0, 0.1) is 0 Å². The van der Waals surface area contributed by atoms with Crippen molar-refractivity contribution in [2.45, 2.75) is 6.54 Å². The molecule has 118 valence electrons. The second kappa shape index (κ2) is 8.33. The van der Waals surface area contributed by atoms with Crippen LogP contribution in [0.1, 0.15) is 5.56 Å². The summed E-state index contributed by atoms with van der Waals surface area (Å²) < 4.78 is 29.0. The standard InChI is InChI=1S/C13H19ClN2O4S/c1-20-8-7-16(21(2,18)19)10-13(17)15-9-11-3-5-12(14)6-4-11/h3-6H,7-10H2,1-2H3,(H,15,17). The molecule has 0 aliphatic heterocycles. The van der Waals surface area contributed by atoms with Crippen molar-refractivity contribution < 1.29 is 17.9 Å². The molecule has 0 radical (unpaired) electrons. The highest BCUT2D eigenvalue weighted by Crippen LogP contribution is 2.09. The van der Waals surface area contributed by atoms with E-state index >= 15 is 0 Å². The van der Waals surface area contributed by atoms with Gasteiger partial charge in [-0.15, -0.1) is 0 Å². The number of rotatable bonds is 8. The lowest BCUT2D eigenvalue weighted by Gasteiger charge is -2.18. The normalized spacial score (nSPS) is 11.6. The molecule has 0 fully saturated rings. The average Bonchev–Trinajstić information content (AvgIpc) is 2.41. The second-order valence-electron chi connectivity index (χ2n) is 4.49. The van der Waals surface area contributed by atoms with E-state index in [9.17, 15) is 13.2 Å². The van der Waals surface area contributed by atoms with E-state index in [0.717, 1.165) is 16.1 Å². The van der Waals surface area contributed by atoms with Gasteiger partial charge < -0.3 is 10.1 Å². The average molecular weight is 335 g/mol. The summed E-state index contributed by atoms with van der Waals surface area (Å²) in [6.45, 7) is 0.467. The van der Waals surface area contributed by atoms with Crippen LogP contribution in [0.2, 0.25) is 5.02 Å². The first kappa shape index (κ1) is 17.9. The third-order valence-electron chi connectivity index (χ3n) is 2.74. The molecule has 0 unspecified atom stereocenters. The summed E-state index contributed by atoms with van der Waals surface area (Å²) >= 11 is 5.77. The van der Waals surface area contributed by atoms with Crippen LogP contribution < -0.4 is 5.32 Å². The Kier molecular flexibility index (Phi) is 7.10. The van der Waals surface area contributed by atoms with Gasteiger partial charge in [-0.2, -0.15) is 4.31 Å². The van der Waals surface area contributed by atoms with E-state index in [4.69, 9.17) is 16.3 Å². The highest BCUT2D eigenvalue weighted by atomic mass is 35.5. The number of halogens is 1. The van der Waals surface area contributed by atoms with Gasteiger partial charge in [0.2, 0.25) is 15.9 Å². The zero-order valence-electron chi connectivity index (χ0n) is 12.0. The van der Waals surface area contributed by atoms with Crippen LogP contribution in [-0.2, 0) is 26.1 Å². The number of hydrogen-bond acceptors (Lipinski definition) is 4. The van der Waals surface area contributed by atoms with Crippen LogP contribution in [0.5, 0.6) is 0 Å². The van der Waals surface area contributed by atoms with Crippen molar-refractivity contribution in [3.05, 3.63) is 34.9 Å². The van der Waals surface area contributed by atoms with Gasteiger partial charge in [-0.3, -0.25) is 4.79 Å². The molecule has 0 aliphatic rings. The zero-order valence-corrected chi connectivity index (χ0v) is 13.6. The number of amides is 1. The summed E-state index contributed by atoms with van der Waals surface area (Å²) in [6.07, 6.45) is 1.06. The molecule has 1 N–H and O–H groups in total. The Morgan fingerprint density at radius 2 is 1.95 bits per heavy atom. The summed E-state index contributed by atoms with van der Waals surface area (Å²) in [4.78, 5) is 11.8. The topological polar surface area (TPSA) is 75.7 Å². The first-order chi connectivity index (χ1) is 9.82. The molecule has 1 rings (SSSR count). The maximum atomic E-state index is 11.8. The van der Waals surface area contributed by atoms with Crippen molar-refractivity contribution in [1.82, 2.24) is 9.62 Å². The van der Waals surface area contributed by atoms with E-state index < -0.39 is 10.0 Å². The lowest BCUT2D eigenvalue weighted by molar-refractivity contribution is -0.121. The number of nitrogens with one attached hydrogen (secondary N) is 1. The van der Waals surface area contributed by atoms with Gasteiger partial charge in [0, 0.05) is 25.2 Å². The fraction of sp³-hybridized carbons (Fsp3) is 0.462. The minimum Gasteiger partial charge on any atom is -0.383 e. The molecule has 6 nitrogen and oxygen atoms in total. The third kappa shape index (κ3) is 6.90. The summed E-state index contributed by atoms with van der Waals surface area (Å²) in [5, 5.41) is 3.29. The fourth-order valence-electron chi connectivity index (χ4n) is 1.57. The molecular weight excluding hydrogens is 316 g/mol. The van der Waals surface area contributed by atoms with E-state index in [2.05, 4.69) is 5.32 Å². The van der Waals surface area contributed by atoms with Gasteiger partial charge >= 0.3 is 0 Å². The fourth-order valence-corrected chi connectivity index (χ4v) is 2.46. The number of carbonyl (C=O) groups is 1. The lowest BCUT2D eigenvalue weighted by Crippen LogP contribution is -2.41. The van der Waals surface area contributed by atoms with Gasteiger partial charge in [0.25, 0.3) is 0 Å². The number of carbonyl (C=O) groups excluding carboxylic acids is 1. The maximum absolute atomic E-state index is 11.8. The predicted molar refractivity (Wildman–Crippen MR) is 81.6 cm³/mol. The first-order valence-electron chi connectivity index (χ1n) is 6.28. The number of hydrogen-bond donors (Lipinski definition) is 1. The number of sulfonamides is 1. The molecule has 1 aromatic rings. The Morgan fingerprint density at radius 3 is 2.48 bits per heavy atom. The maximum Gasteiger partial charge on any atom is 0.235 e. The molecular formula is C13H19ClN2O4S. The van der Waals surface area contributed by atoms with E-state index in [1.165, 1.54) is 7.11 Å². The molecule has 1 aromatic carbocycles. The monoisotopic (exact) mass is 334 g/mol. The summed E-state index contributed by atoms with van der Waals surface area (Å²) in [5.41, 5.74) is 0.885. The molecule has 0 spiro atoms. The minimum atomic E-state index is -3.45. The molecule has 0 saturated heterocycles. The molecule has 0 aromatic heterocycles. The Bertz CT molecular complexity index is 560. The van der Waals surface area contributed by atoms with E-state index in [0.29, 0.717) is 11.6 Å². The van der Waals surface area contributed by atoms with E-state index in [-0.39, 0.29) is 25.6 Å². The van der Waals surface area contributed by atoms with Crippen molar-refractivity contribution >= 4 is 27.5 Å². The van der Waals surface area contributed by atoms with Crippen LogP contribution >= 0.6 is 11.6 Å². The number of methoxy groups -OCH3 is 1. The van der Waals surface area contributed by atoms with Gasteiger partial charge in [-0.1, -0.05) is 23.7 Å². The van der Waals surface area contributed by atoms with Gasteiger partial charge in [0.15, 0.2) is 0 Å². The number of ether oxygens (including phenoxy) is 1. The van der Waals surface area contributed by atoms with Crippen molar-refractivity contribution in [2.24, 2.45) is 0 Å². The molecule has 0 aliphatic carbocycles. The van der Waals surface area contributed by atoms with Crippen molar-refractivity contribution in [2.75, 3.05) is 33.1 Å². The van der Waals surface area contributed by atoms with Crippen LogP contribution in [-0.4, -0.2) is 51.7 Å². The zero-order chi connectivity index (χ0) is 15.9. The third-order valence-corrected chi connectivity index (χ3v) is 4.24. The van der Waals surface area contributed by atoms with Crippen LogP contribution in [0.4, 0.5) is 0 Å². The SMILES string of the molecule is COCCN(CC(=O)NCc1ccc(Cl)cc1)S(C)(=O)=O. The van der Waals surface area contributed by atoms with Crippen LogP contribution in [0.25, 0.3) is 0 Å². The smallest absolute Gasteiger partial charge is 0.235 e. The van der Waals surface area contributed by atoms with Gasteiger partial charge in [0.1, 0.15) is 0 Å². The van der Waals surface area contributed by atoms with Gasteiger partial charge in [-0.05, 0) is 17.7 Å². The highest BCUT2D eigenvalue weighted by Gasteiger charge is 2.19. The van der Waals surface area contributed by atoms with Crippen molar-refractivity contribution in [3.8, 4) is 0 Å². The van der Waals surface area contributed by atoms with Crippen LogP contribution in [0.3, 0.4) is 0 Å². The molecule has 0 bridgehead atoms. The quantitative estimate of drug-likeness (QED) is 0.765. The largest absolute Gasteiger partial charge is 0.383 e. The molecule has 8 heteroatoms. The molecule has 0 saturated carbocycles. The Balaban J connectivity index is 2.52. The first-order valence-corrected chi connectivity index (χ1v) is 8.50. The number of nitrogens with zero attached hydrogens (tertiary/aromatic N) is 1. The van der Waals surface area contributed by atoms with Crippen molar-refractivity contribution in [1.29, 1.82) is 0 Å². The summed E-state index contributed by atoms with van der Waals surface area (Å²) in [7, 11) is -1.97. The highest BCUT2D eigenvalue weighted by molar-refractivity contribution is 7.88. The Hall–Kier alpha value is -1.15. The van der Waals surface area contributed by atoms with Gasteiger partial charge in [-0.25, -0.2) is 8.42 Å². The number of benzene rings is 1. The molecule has 21 heavy (non-hydrogen) atoms. The predicted octanol–water partition coefficient (Wildman–Crippen LogP) is 0.864. The Morgan fingerprint density at radius 1 is 1.33 bits per heavy atom. The molecule has 1 amide bonds. The van der Waals surface area contributed by atoms with Crippen LogP contribution in [0.15, 0.2) is 24.3 Å². The molecule has 0 heterocycles. The van der Waals surface area contributed by atoms with Gasteiger partial charge in [0.05, 0.1) is 19.4 Å². The minimum absolute atomic E-state index is 0.143. The summed E-state index contributed by atoms with van der Waals surface area (Å²) in [6, 6.07) is 7.04. The Labute approximate surface area is 130 Å². The van der Waals surface area contributed by atoms with E-state index in [1.54, 1.807) is 24.3 Å². The molecule has 0 atom stereocenters. The second-order valence-corrected chi connectivity index (χ2v) is 6.91.